The Morgan fingerprint density at radius 3 is 2.59 bits per heavy atom. The molecule has 0 aromatic heterocycles. The highest BCUT2D eigenvalue weighted by atomic mass is 16.7. The molecule has 17 heavy (non-hydrogen) atoms. The van der Waals surface area contributed by atoms with Crippen LogP contribution in [0.3, 0.4) is 0 Å². The predicted molar refractivity (Wildman–Crippen MR) is 66.0 cm³/mol. The summed E-state index contributed by atoms with van der Waals surface area (Å²) in [6.07, 6.45) is 4.11. The molecule has 2 rings (SSSR count). The van der Waals surface area contributed by atoms with Crippen LogP contribution in [0.15, 0.2) is 24.3 Å². The first-order chi connectivity index (χ1) is 8.29. The van der Waals surface area contributed by atoms with Gasteiger partial charge in [0.25, 0.3) is 0 Å². The van der Waals surface area contributed by atoms with Gasteiger partial charge in [-0.15, -0.1) is 0 Å². The minimum Gasteiger partial charge on any atom is -0.468 e. The number of rotatable bonds is 5. The predicted octanol–water partition coefficient (Wildman–Crippen LogP) is 2.37. The van der Waals surface area contributed by atoms with Crippen molar-refractivity contribution in [2.24, 2.45) is 5.92 Å². The van der Waals surface area contributed by atoms with E-state index in [1.54, 1.807) is 7.11 Å². The quantitative estimate of drug-likeness (QED) is 0.798. The second-order valence-corrected chi connectivity index (χ2v) is 4.66. The van der Waals surface area contributed by atoms with Gasteiger partial charge < -0.3 is 14.6 Å². The molecule has 1 N–H and O–H groups in total. The van der Waals surface area contributed by atoms with E-state index in [4.69, 9.17) is 9.47 Å². The second-order valence-electron chi connectivity index (χ2n) is 4.66. The Hall–Kier alpha value is -1.06. The average Bonchev–Trinajstić information content (AvgIpc) is 2.74. The molecule has 94 valence electrons. The lowest BCUT2D eigenvalue weighted by Gasteiger charge is -2.14. The van der Waals surface area contributed by atoms with Crippen molar-refractivity contribution in [3.63, 3.8) is 0 Å². The monoisotopic (exact) mass is 236 g/mol. The molecule has 0 radical (unpaired) electrons. The smallest absolute Gasteiger partial charge is 0.188 e. The van der Waals surface area contributed by atoms with Crippen LogP contribution >= 0.6 is 0 Å². The van der Waals surface area contributed by atoms with Gasteiger partial charge in [-0.1, -0.05) is 18.6 Å². The molecule has 0 spiro atoms. The largest absolute Gasteiger partial charge is 0.468 e. The van der Waals surface area contributed by atoms with E-state index >= 15 is 0 Å². The van der Waals surface area contributed by atoms with Gasteiger partial charge in [0.15, 0.2) is 6.79 Å². The average molecular weight is 236 g/mol. The molecule has 0 bridgehead atoms. The van der Waals surface area contributed by atoms with Crippen molar-refractivity contribution in [3.8, 4) is 5.75 Å². The van der Waals surface area contributed by atoms with E-state index in [1.807, 2.05) is 12.1 Å². The molecular weight excluding hydrogens is 216 g/mol. The molecule has 1 aliphatic rings. The summed E-state index contributed by atoms with van der Waals surface area (Å²) >= 11 is 0. The molecule has 1 aliphatic carbocycles. The van der Waals surface area contributed by atoms with Crippen LogP contribution in [0.25, 0.3) is 0 Å². The van der Waals surface area contributed by atoms with Gasteiger partial charge in [-0.3, -0.25) is 0 Å². The number of benzene rings is 1. The lowest BCUT2D eigenvalue weighted by atomic mass is 9.96. The fourth-order valence-electron chi connectivity index (χ4n) is 2.41. The van der Waals surface area contributed by atoms with Crippen LogP contribution in [0, 0.1) is 5.92 Å². The topological polar surface area (TPSA) is 38.7 Å². The first kappa shape index (κ1) is 12.4. The summed E-state index contributed by atoms with van der Waals surface area (Å²) in [6, 6.07) is 8.04. The number of aliphatic hydroxyl groups excluding tert-OH is 1. The van der Waals surface area contributed by atoms with E-state index in [-0.39, 0.29) is 12.9 Å². The second kappa shape index (κ2) is 6.03. The van der Waals surface area contributed by atoms with Gasteiger partial charge in [-0.2, -0.15) is 0 Å². The Bertz CT molecular complexity index is 334. The fourth-order valence-corrected chi connectivity index (χ4v) is 2.41. The zero-order chi connectivity index (χ0) is 12.1. The summed E-state index contributed by atoms with van der Waals surface area (Å²) in [6.45, 7) is 0.278. The van der Waals surface area contributed by atoms with Crippen LogP contribution in [-0.4, -0.2) is 25.1 Å². The molecule has 3 heteroatoms. The van der Waals surface area contributed by atoms with Crippen LogP contribution < -0.4 is 4.74 Å². The van der Waals surface area contributed by atoms with Crippen molar-refractivity contribution < 1.29 is 14.6 Å². The van der Waals surface area contributed by atoms with E-state index in [1.165, 1.54) is 5.56 Å². The maximum absolute atomic E-state index is 9.78. The number of ether oxygens (including phenoxy) is 2. The van der Waals surface area contributed by atoms with Gasteiger partial charge in [-0.05, 0) is 42.9 Å². The molecule has 0 amide bonds. The molecule has 0 aliphatic heterocycles. The lowest BCUT2D eigenvalue weighted by Crippen LogP contribution is -2.15. The standard InChI is InChI=1S/C14H20O3/c1-16-10-17-13-7-5-11(6-8-13)9-12-3-2-4-14(12)15/h5-8,12,14-15H,2-4,9-10H2,1H3/t12-,14-/m0/s1. The summed E-state index contributed by atoms with van der Waals surface area (Å²) in [5.74, 6) is 1.25. The summed E-state index contributed by atoms with van der Waals surface area (Å²) < 4.78 is 10.2. The lowest BCUT2D eigenvalue weighted by molar-refractivity contribution is 0.0511. The number of methoxy groups -OCH3 is 1. The van der Waals surface area contributed by atoms with Crippen molar-refractivity contribution >= 4 is 0 Å². The Balaban J connectivity index is 1.89. The minimum absolute atomic E-state index is 0.112. The molecule has 1 aromatic carbocycles. The highest BCUT2D eigenvalue weighted by Gasteiger charge is 2.24. The number of hydrogen-bond donors (Lipinski definition) is 1. The molecule has 3 nitrogen and oxygen atoms in total. The van der Waals surface area contributed by atoms with Gasteiger partial charge in [0.05, 0.1) is 6.10 Å². The third kappa shape index (κ3) is 3.45. The van der Waals surface area contributed by atoms with Crippen LogP contribution in [-0.2, 0) is 11.2 Å². The zero-order valence-corrected chi connectivity index (χ0v) is 10.3. The van der Waals surface area contributed by atoms with Crippen molar-refractivity contribution in [1.82, 2.24) is 0 Å². The number of aliphatic hydroxyl groups is 1. The Kier molecular flexibility index (Phi) is 4.40. The molecule has 1 saturated carbocycles. The first-order valence-corrected chi connectivity index (χ1v) is 6.18. The van der Waals surface area contributed by atoms with Crippen molar-refractivity contribution in [3.05, 3.63) is 29.8 Å². The molecule has 0 saturated heterocycles. The van der Waals surface area contributed by atoms with Gasteiger partial charge >= 0.3 is 0 Å². The van der Waals surface area contributed by atoms with E-state index in [0.29, 0.717) is 5.92 Å². The molecule has 2 atom stereocenters. The van der Waals surface area contributed by atoms with Crippen molar-refractivity contribution in [2.75, 3.05) is 13.9 Å². The third-order valence-corrected chi connectivity index (χ3v) is 3.38. The maximum Gasteiger partial charge on any atom is 0.188 e. The summed E-state index contributed by atoms with van der Waals surface area (Å²) in [7, 11) is 1.61. The number of hydrogen-bond acceptors (Lipinski definition) is 3. The third-order valence-electron chi connectivity index (χ3n) is 3.38. The highest BCUT2D eigenvalue weighted by Crippen LogP contribution is 2.29. The Labute approximate surface area is 102 Å². The molecule has 1 aromatic rings. The van der Waals surface area contributed by atoms with Gasteiger partial charge in [-0.25, -0.2) is 0 Å². The van der Waals surface area contributed by atoms with Crippen LogP contribution in [0.2, 0.25) is 0 Å². The molecule has 0 unspecified atom stereocenters. The summed E-state index contributed by atoms with van der Waals surface area (Å²) in [5.41, 5.74) is 1.26. The first-order valence-electron chi connectivity index (χ1n) is 6.18. The zero-order valence-electron chi connectivity index (χ0n) is 10.3. The Morgan fingerprint density at radius 2 is 2.00 bits per heavy atom. The van der Waals surface area contributed by atoms with Crippen LogP contribution in [0.5, 0.6) is 5.75 Å². The Morgan fingerprint density at radius 1 is 1.24 bits per heavy atom. The molecular formula is C14H20O3. The highest BCUT2D eigenvalue weighted by molar-refractivity contribution is 5.27. The SMILES string of the molecule is COCOc1ccc(C[C@@H]2CCC[C@@H]2O)cc1. The molecule has 1 fully saturated rings. The van der Waals surface area contributed by atoms with Crippen LogP contribution in [0.1, 0.15) is 24.8 Å². The van der Waals surface area contributed by atoms with Crippen molar-refractivity contribution in [2.45, 2.75) is 31.8 Å². The molecule has 0 heterocycles. The van der Waals surface area contributed by atoms with Crippen LogP contribution in [0.4, 0.5) is 0 Å². The minimum atomic E-state index is -0.112. The fraction of sp³-hybridized carbons (Fsp3) is 0.571. The van der Waals surface area contributed by atoms with Crippen molar-refractivity contribution in [1.29, 1.82) is 0 Å². The normalized spacial score (nSPS) is 23.9. The van der Waals surface area contributed by atoms with Gasteiger partial charge in [0.1, 0.15) is 5.75 Å². The van der Waals surface area contributed by atoms with E-state index in [0.717, 1.165) is 31.4 Å². The van der Waals surface area contributed by atoms with Gasteiger partial charge in [0.2, 0.25) is 0 Å². The summed E-state index contributed by atoms with van der Waals surface area (Å²) in [5, 5.41) is 9.78. The van der Waals surface area contributed by atoms with E-state index in [2.05, 4.69) is 12.1 Å². The maximum atomic E-state index is 9.78. The van der Waals surface area contributed by atoms with E-state index in [9.17, 15) is 5.11 Å². The van der Waals surface area contributed by atoms with Gasteiger partial charge in [0, 0.05) is 7.11 Å². The van der Waals surface area contributed by atoms with E-state index < -0.39 is 0 Å². The summed E-state index contributed by atoms with van der Waals surface area (Å²) in [4.78, 5) is 0.